The number of ketones is 1. The summed E-state index contributed by atoms with van der Waals surface area (Å²) in [6.07, 6.45) is 4.09. The zero-order valence-corrected chi connectivity index (χ0v) is 13.6. The Morgan fingerprint density at radius 1 is 1.20 bits per heavy atom. The average Bonchev–Trinajstić information content (AvgIpc) is 3.27. The van der Waals surface area contributed by atoms with Crippen LogP contribution < -0.4 is 9.47 Å². The van der Waals surface area contributed by atoms with Crippen LogP contribution in [0.5, 0.6) is 17.2 Å². The molecule has 0 spiro atoms. The lowest BCUT2D eigenvalue weighted by Crippen LogP contribution is -2.02. The van der Waals surface area contributed by atoms with Crippen LogP contribution in [0.4, 0.5) is 0 Å². The van der Waals surface area contributed by atoms with E-state index in [0.29, 0.717) is 16.9 Å². The van der Waals surface area contributed by atoms with Gasteiger partial charge in [0.1, 0.15) is 29.4 Å². The standard InChI is InChI=1S/C18H16O7/c1-22-16-12-7-8-24-17(12)18(23-2)15(21)14(16)13(20)6-5-10-3-4-11(9-19)25-10/h3-8,19,21H,9H2,1-2H3. The molecule has 2 heterocycles. The number of ether oxygens (including phenoxy) is 2. The second-order valence-electron chi connectivity index (χ2n) is 5.11. The zero-order valence-electron chi connectivity index (χ0n) is 13.6. The highest BCUT2D eigenvalue weighted by Gasteiger charge is 2.26. The van der Waals surface area contributed by atoms with E-state index in [-0.39, 0.29) is 35.0 Å². The van der Waals surface area contributed by atoms with Crippen molar-refractivity contribution in [2.75, 3.05) is 14.2 Å². The summed E-state index contributed by atoms with van der Waals surface area (Å²) in [5.41, 5.74) is 0.245. The van der Waals surface area contributed by atoms with E-state index in [1.807, 2.05) is 0 Å². The maximum atomic E-state index is 12.6. The molecule has 0 amide bonds. The lowest BCUT2D eigenvalue weighted by atomic mass is 10.0. The number of benzene rings is 1. The number of carbonyl (C=O) groups excluding carboxylic acids is 1. The first-order chi connectivity index (χ1) is 12.1. The summed E-state index contributed by atoms with van der Waals surface area (Å²) in [5, 5.41) is 20.0. The molecule has 0 radical (unpaired) electrons. The van der Waals surface area contributed by atoms with Gasteiger partial charge in [-0.1, -0.05) is 0 Å². The van der Waals surface area contributed by atoms with E-state index < -0.39 is 5.78 Å². The molecule has 1 aromatic carbocycles. The summed E-state index contributed by atoms with van der Waals surface area (Å²) in [6.45, 7) is -0.231. The van der Waals surface area contributed by atoms with E-state index in [2.05, 4.69) is 0 Å². The maximum Gasteiger partial charge on any atom is 0.205 e. The van der Waals surface area contributed by atoms with Crippen LogP contribution in [-0.4, -0.2) is 30.2 Å². The highest BCUT2D eigenvalue weighted by Crippen LogP contribution is 2.45. The molecule has 7 heteroatoms. The number of aliphatic hydroxyl groups excluding tert-OH is 1. The van der Waals surface area contributed by atoms with Gasteiger partial charge in [0.25, 0.3) is 0 Å². The molecule has 3 rings (SSSR count). The molecule has 0 aliphatic carbocycles. The number of aliphatic hydroxyl groups is 1. The number of phenols is 1. The highest BCUT2D eigenvalue weighted by atomic mass is 16.5. The second-order valence-corrected chi connectivity index (χ2v) is 5.11. The fourth-order valence-corrected chi connectivity index (χ4v) is 2.57. The molecule has 0 fully saturated rings. The van der Waals surface area contributed by atoms with Crippen LogP contribution in [0.1, 0.15) is 21.9 Å². The van der Waals surface area contributed by atoms with E-state index in [4.69, 9.17) is 23.4 Å². The van der Waals surface area contributed by atoms with Crippen molar-refractivity contribution in [3.63, 3.8) is 0 Å². The lowest BCUT2D eigenvalue weighted by molar-refractivity contribution is 0.104. The van der Waals surface area contributed by atoms with Crippen molar-refractivity contribution in [1.82, 2.24) is 0 Å². The van der Waals surface area contributed by atoms with E-state index in [9.17, 15) is 9.90 Å². The first-order valence-corrected chi connectivity index (χ1v) is 7.36. The van der Waals surface area contributed by atoms with Gasteiger partial charge in [0.15, 0.2) is 17.1 Å². The Kier molecular flexibility index (Phi) is 4.49. The minimum absolute atomic E-state index is 0.0431. The molecule has 0 unspecified atom stereocenters. The number of fused-ring (bicyclic) bond motifs is 1. The Hall–Kier alpha value is -3.19. The fraction of sp³-hybridized carbons (Fsp3) is 0.167. The molecule has 0 saturated heterocycles. The number of aromatic hydroxyl groups is 1. The molecule has 2 aromatic heterocycles. The van der Waals surface area contributed by atoms with Gasteiger partial charge in [-0.15, -0.1) is 0 Å². The van der Waals surface area contributed by atoms with Gasteiger partial charge in [-0.05, 0) is 30.4 Å². The number of furan rings is 2. The number of rotatable bonds is 6. The van der Waals surface area contributed by atoms with Gasteiger partial charge < -0.3 is 28.5 Å². The monoisotopic (exact) mass is 344 g/mol. The Balaban J connectivity index is 2.07. The molecule has 0 bridgehead atoms. The van der Waals surface area contributed by atoms with Crippen molar-refractivity contribution in [2.45, 2.75) is 6.61 Å². The van der Waals surface area contributed by atoms with Crippen LogP contribution in [0.3, 0.4) is 0 Å². The summed E-state index contributed by atoms with van der Waals surface area (Å²) < 4.78 is 21.1. The van der Waals surface area contributed by atoms with E-state index in [0.717, 1.165) is 0 Å². The van der Waals surface area contributed by atoms with Crippen LogP contribution in [0.25, 0.3) is 17.0 Å². The predicted molar refractivity (Wildman–Crippen MR) is 89.0 cm³/mol. The first kappa shape index (κ1) is 16.7. The third kappa shape index (κ3) is 2.85. The molecule has 7 nitrogen and oxygen atoms in total. The third-order valence-electron chi connectivity index (χ3n) is 3.69. The van der Waals surface area contributed by atoms with Gasteiger partial charge >= 0.3 is 0 Å². The van der Waals surface area contributed by atoms with Gasteiger partial charge in [-0.25, -0.2) is 0 Å². The number of hydrogen-bond donors (Lipinski definition) is 2. The largest absolute Gasteiger partial charge is 0.504 e. The molecule has 25 heavy (non-hydrogen) atoms. The molecule has 0 aliphatic heterocycles. The maximum absolute atomic E-state index is 12.6. The van der Waals surface area contributed by atoms with Crippen molar-refractivity contribution in [3.05, 3.63) is 47.6 Å². The Morgan fingerprint density at radius 2 is 1.96 bits per heavy atom. The first-order valence-electron chi connectivity index (χ1n) is 7.36. The summed E-state index contributed by atoms with van der Waals surface area (Å²) in [5.74, 6) is 0.149. The second kappa shape index (κ2) is 6.74. The molecular formula is C18H16O7. The molecule has 3 aromatic rings. The van der Waals surface area contributed by atoms with E-state index in [1.165, 1.54) is 32.6 Å². The van der Waals surface area contributed by atoms with Crippen LogP contribution in [0, 0.1) is 0 Å². The number of carbonyl (C=O) groups is 1. The molecule has 0 atom stereocenters. The van der Waals surface area contributed by atoms with Crippen molar-refractivity contribution >= 4 is 22.8 Å². The van der Waals surface area contributed by atoms with Crippen LogP contribution >= 0.6 is 0 Å². The fourth-order valence-electron chi connectivity index (χ4n) is 2.57. The molecule has 0 aliphatic rings. The summed E-state index contributed by atoms with van der Waals surface area (Å²) in [7, 11) is 2.76. The molecule has 0 saturated carbocycles. The third-order valence-corrected chi connectivity index (χ3v) is 3.69. The molecular weight excluding hydrogens is 328 g/mol. The Labute approximate surface area is 142 Å². The average molecular weight is 344 g/mol. The number of phenolic OH excluding ortho intramolecular Hbond substituents is 1. The van der Waals surface area contributed by atoms with E-state index >= 15 is 0 Å². The van der Waals surface area contributed by atoms with Crippen molar-refractivity contribution in [3.8, 4) is 17.2 Å². The number of hydrogen-bond acceptors (Lipinski definition) is 7. The van der Waals surface area contributed by atoms with Gasteiger partial charge in [-0.2, -0.15) is 0 Å². The minimum Gasteiger partial charge on any atom is -0.504 e. The highest BCUT2D eigenvalue weighted by molar-refractivity contribution is 6.15. The summed E-state index contributed by atoms with van der Waals surface area (Å²) in [4.78, 5) is 12.6. The van der Waals surface area contributed by atoms with Crippen molar-refractivity contribution in [2.24, 2.45) is 0 Å². The topological polar surface area (TPSA) is 102 Å². The van der Waals surface area contributed by atoms with Crippen LogP contribution in [0.2, 0.25) is 0 Å². The van der Waals surface area contributed by atoms with Gasteiger partial charge in [-0.3, -0.25) is 4.79 Å². The van der Waals surface area contributed by atoms with Gasteiger partial charge in [0.05, 0.1) is 25.9 Å². The normalized spacial score (nSPS) is 11.3. The van der Waals surface area contributed by atoms with Crippen LogP contribution in [0.15, 0.2) is 39.4 Å². The predicted octanol–water partition coefficient (Wildman–Crippen LogP) is 3.14. The smallest absolute Gasteiger partial charge is 0.205 e. The molecule has 2 N–H and O–H groups in total. The van der Waals surface area contributed by atoms with Crippen molar-refractivity contribution in [1.29, 1.82) is 0 Å². The minimum atomic E-state index is -0.502. The number of methoxy groups -OCH3 is 2. The Morgan fingerprint density at radius 3 is 2.60 bits per heavy atom. The SMILES string of the molecule is COc1c(C(=O)C=Cc2ccc(CO)o2)c(O)c(OC)c2occc12. The molecule has 130 valence electrons. The van der Waals surface area contributed by atoms with Gasteiger partial charge in [0, 0.05) is 0 Å². The summed E-state index contributed by atoms with van der Waals surface area (Å²) in [6, 6.07) is 4.84. The van der Waals surface area contributed by atoms with Crippen molar-refractivity contribution < 1.29 is 33.3 Å². The van der Waals surface area contributed by atoms with E-state index in [1.54, 1.807) is 18.2 Å². The van der Waals surface area contributed by atoms with Gasteiger partial charge in [0.2, 0.25) is 5.75 Å². The lowest BCUT2D eigenvalue weighted by Gasteiger charge is -2.12. The summed E-state index contributed by atoms with van der Waals surface area (Å²) >= 11 is 0. The quantitative estimate of drug-likeness (QED) is 0.523. The number of allylic oxidation sites excluding steroid dienone is 1. The Bertz CT molecular complexity index is 946. The van der Waals surface area contributed by atoms with Crippen LogP contribution in [-0.2, 0) is 6.61 Å². The zero-order chi connectivity index (χ0) is 18.0.